The zero-order valence-electron chi connectivity index (χ0n) is 9.36. The summed E-state index contributed by atoms with van der Waals surface area (Å²) in [5.74, 6) is 0. The summed E-state index contributed by atoms with van der Waals surface area (Å²) in [5, 5.41) is 4.99. The molecule has 0 atom stereocenters. The zero-order valence-corrected chi connectivity index (χ0v) is 10.2. The van der Waals surface area contributed by atoms with Crippen LogP contribution in [0.25, 0.3) is 0 Å². The van der Waals surface area contributed by atoms with E-state index in [2.05, 4.69) is 20.4 Å². The third-order valence-corrected chi connectivity index (χ3v) is 3.05. The Bertz CT molecular complexity index is 377. The number of hydrogen-bond donors (Lipinski definition) is 2. The fourth-order valence-corrected chi connectivity index (χ4v) is 1.97. The molecule has 2 N–H and O–H groups in total. The van der Waals surface area contributed by atoms with Crippen molar-refractivity contribution in [3.63, 3.8) is 0 Å². The highest BCUT2D eigenvalue weighted by Gasteiger charge is 2.13. The normalized spacial score (nSPS) is 16.6. The molecular weight excluding hydrogens is 220 g/mol. The second-order valence-electron chi connectivity index (χ2n) is 3.89. The molecule has 0 bridgehead atoms. The molecular formula is C11H16N4S. The van der Waals surface area contributed by atoms with E-state index in [9.17, 15) is 0 Å². The molecule has 0 aliphatic carbocycles. The monoisotopic (exact) mass is 236 g/mol. The molecule has 0 radical (unpaired) electrons. The van der Waals surface area contributed by atoms with Crippen molar-refractivity contribution in [2.75, 3.05) is 13.1 Å². The highest BCUT2D eigenvalue weighted by atomic mass is 32.1. The smallest absolute Gasteiger partial charge is 0.189 e. The maximum atomic E-state index is 5.26. The average molecular weight is 236 g/mol. The number of rotatable bonds is 2. The van der Waals surface area contributed by atoms with Crippen molar-refractivity contribution < 1.29 is 0 Å². The Labute approximate surface area is 101 Å². The van der Waals surface area contributed by atoms with E-state index in [-0.39, 0.29) is 0 Å². The highest BCUT2D eigenvalue weighted by Crippen LogP contribution is 2.07. The number of aromatic amines is 1. The molecule has 1 aliphatic rings. The fourth-order valence-electron chi connectivity index (χ4n) is 1.74. The first-order valence-electron chi connectivity index (χ1n) is 5.50. The van der Waals surface area contributed by atoms with Gasteiger partial charge in [0.2, 0.25) is 0 Å². The molecule has 2 heterocycles. The standard InChI is InChI=1S/C11H16N4S/c1-9(10-5-4-6-12-10)13-14-11(16)15-7-2-3-8-15/h4-6,12H,2-3,7-8H2,1H3,(H,14,16). The van der Waals surface area contributed by atoms with Crippen LogP contribution < -0.4 is 5.43 Å². The molecule has 16 heavy (non-hydrogen) atoms. The lowest BCUT2D eigenvalue weighted by molar-refractivity contribution is 0.509. The van der Waals surface area contributed by atoms with Gasteiger partial charge in [0, 0.05) is 19.3 Å². The van der Waals surface area contributed by atoms with Crippen molar-refractivity contribution in [3.8, 4) is 0 Å². The molecule has 2 rings (SSSR count). The van der Waals surface area contributed by atoms with Gasteiger partial charge in [0.15, 0.2) is 5.11 Å². The average Bonchev–Trinajstić information content (AvgIpc) is 2.95. The molecule has 1 saturated heterocycles. The van der Waals surface area contributed by atoms with Gasteiger partial charge in [-0.2, -0.15) is 5.10 Å². The van der Waals surface area contributed by atoms with E-state index in [0.717, 1.165) is 29.6 Å². The lowest BCUT2D eigenvalue weighted by Crippen LogP contribution is -2.35. The van der Waals surface area contributed by atoms with E-state index < -0.39 is 0 Å². The Morgan fingerprint density at radius 2 is 2.25 bits per heavy atom. The summed E-state index contributed by atoms with van der Waals surface area (Å²) >= 11 is 5.26. The van der Waals surface area contributed by atoms with E-state index in [1.807, 2.05) is 25.3 Å². The minimum absolute atomic E-state index is 0.725. The topological polar surface area (TPSA) is 43.4 Å². The Morgan fingerprint density at radius 3 is 2.88 bits per heavy atom. The molecule has 1 aromatic rings. The van der Waals surface area contributed by atoms with E-state index >= 15 is 0 Å². The third-order valence-electron chi connectivity index (χ3n) is 2.70. The fraction of sp³-hybridized carbons (Fsp3) is 0.455. The second kappa shape index (κ2) is 5.12. The van der Waals surface area contributed by atoms with Crippen LogP contribution in [0.5, 0.6) is 0 Å². The summed E-state index contributed by atoms with van der Waals surface area (Å²) < 4.78 is 0. The second-order valence-corrected chi connectivity index (χ2v) is 4.28. The predicted octanol–water partition coefficient (Wildman–Crippen LogP) is 1.71. The number of nitrogens with zero attached hydrogens (tertiary/aromatic N) is 2. The first-order valence-corrected chi connectivity index (χ1v) is 5.91. The van der Waals surface area contributed by atoms with E-state index in [0.29, 0.717) is 0 Å². The summed E-state index contributed by atoms with van der Waals surface area (Å²) in [5.41, 5.74) is 4.86. The van der Waals surface area contributed by atoms with Gasteiger partial charge in [-0.05, 0) is 44.1 Å². The molecule has 4 nitrogen and oxygen atoms in total. The molecule has 0 aromatic carbocycles. The zero-order chi connectivity index (χ0) is 11.4. The molecule has 0 saturated carbocycles. The number of H-pyrrole nitrogens is 1. The maximum absolute atomic E-state index is 5.26. The van der Waals surface area contributed by atoms with Crippen LogP contribution in [-0.4, -0.2) is 33.8 Å². The van der Waals surface area contributed by atoms with Crippen LogP contribution in [0.3, 0.4) is 0 Å². The largest absolute Gasteiger partial charge is 0.360 e. The van der Waals surface area contributed by atoms with Crippen LogP contribution in [0.1, 0.15) is 25.5 Å². The predicted molar refractivity (Wildman–Crippen MR) is 69.5 cm³/mol. The van der Waals surface area contributed by atoms with Gasteiger partial charge in [-0.3, -0.25) is 5.43 Å². The molecule has 86 valence electrons. The number of likely N-dealkylation sites (tertiary alicyclic amines) is 1. The summed E-state index contributed by atoms with van der Waals surface area (Å²) in [4.78, 5) is 5.26. The van der Waals surface area contributed by atoms with Crippen molar-refractivity contribution in [2.24, 2.45) is 5.10 Å². The van der Waals surface area contributed by atoms with E-state index in [1.54, 1.807) is 0 Å². The SMILES string of the molecule is CC(=NNC(=S)N1CCCC1)c1ccc[nH]1. The number of aromatic nitrogens is 1. The Hall–Kier alpha value is -1.36. The van der Waals surface area contributed by atoms with Gasteiger partial charge in [-0.25, -0.2) is 0 Å². The lowest BCUT2D eigenvalue weighted by Gasteiger charge is -2.17. The summed E-state index contributed by atoms with van der Waals surface area (Å²) in [6.45, 7) is 4.04. The van der Waals surface area contributed by atoms with E-state index in [4.69, 9.17) is 12.2 Å². The lowest BCUT2D eigenvalue weighted by atomic mass is 10.3. The number of hydrogen-bond acceptors (Lipinski definition) is 2. The van der Waals surface area contributed by atoms with Crippen molar-refractivity contribution >= 4 is 23.0 Å². The van der Waals surface area contributed by atoms with Gasteiger partial charge in [0.25, 0.3) is 0 Å². The van der Waals surface area contributed by atoms with Crippen LogP contribution in [-0.2, 0) is 0 Å². The van der Waals surface area contributed by atoms with Crippen molar-refractivity contribution in [2.45, 2.75) is 19.8 Å². The van der Waals surface area contributed by atoms with Gasteiger partial charge >= 0.3 is 0 Å². The van der Waals surface area contributed by atoms with Crippen molar-refractivity contribution in [1.29, 1.82) is 0 Å². The van der Waals surface area contributed by atoms with Crippen molar-refractivity contribution in [1.82, 2.24) is 15.3 Å². The molecule has 0 unspecified atom stereocenters. The molecule has 1 fully saturated rings. The molecule has 1 aromatic heterocycles. The molecule has 0 spiro atoms. The highest BCUT2D eigenvalue weighted by molar-refractivity contribution is 7.80. The Kier molecular flexibility index (Phi) is 3.56. The van der Waals surface area contributed by atoms with Gasteiger partial charge in [-0.1, -0.05) is 0 Å². The van der Waals surface area contributed by atoms with Crippen LogP contribution in [0.15, 0.2) is 23.4 Å². The van der Waals surface area contributed by atoms with Crippen LogP contribution in [0.4, 0.5) is 0 Å². The first-order chi connectivity index (χ1) is 7.77. The van der Waals surface area contributed by atoms with Gasteiger partial charge in [0.1, 0.15) is 0 Å². The van der Waals surface area contributed by atoms with E-state index in [1.165, 1.54) is 12.8 Å². The van der Waals surface area contributed by atoms with Gasteiger partial charge in [0.05, 0.1) is 11.4 Å². The van der Waals surface area contributed by atoms with Gasteiger partial charge < -0.3 is 9.88 Å². The first kappa shape index (κ1) is 11.1. The number of hydrazone groups is 1. The molecule has 5 heteroatoms. The Morgan fingerprint density at radius 1 is 1.50 bits per heavy atom. The number of nitrogens with one attached hydrogen (secondary N) is 2. The molecule has 1 aliphatic heterocycles. The van der Waals surface area contributed by atoms with Crippen LogP contribution in [0, 0.1) is 0 Å². The summed E-state index contributed by atoms with van der Waals surface area (Å²) in [6, 6.07) is 3.94. The van der Waals surface area contributed by atoms with Crippen LogP contribution in [0.2, 0.25) is 0 Å². The minimum atomic E-state index is 0.725. The third kappa shape index (κ3) is 2.61. The quantitative estimate of drug-likeness (QED) is 0.467. The summed E-state index contributed by atoms with van der Waals surface area (Å²) in [6.07, 6.45) is 4.33. The maximum Gasteiger partial charge on any atom is 0.189 e. The van der Waals surface area contributed by atoms with Crippen LogP contribution >= 0.6 is 12.2 Å². The Balaban J connectivity index is 1.90. The number of thiocarbonyl (C=S) groups is 1. The molecule has 0 amide bonds. The summed E-state index contributed by atoms with van der Waals surface area (Å²) in [7, 11) is 0. The van der Waals surface area contributed by atoms with Crippen molar-refractivity contribution in [3.05, 3.63) is 24.0 Å². The minimum Gasteiger partial charge on any atom is -0.360 e. The van der Waals surface area contributed by atoms with Gasteiger partial charge in [-0.15, -0.1) is 0 Å².